The minimum absolute atomic E-state index is 0.0422. The van der Waals surface area contributed by atoms with Crippen molar-refractivity contribution in [1.29, 1.82) is 0 Å². The van der Waals surface area contributed by atoms with Gasteiger partial charge in [-0.05, 0) is 43.2 Å². The van der Waals surface area contributed by atoms with Crippen molar-refractivity contribution in [2.75, 3.05) is 13.1 Å². The molecule has 0 bridgehead atoms. The summed E-state index contributed by atoms with van der Waals surface area (Å²) in [6.45, 7) is 0.836. The van der Waals surface area contributed by atoms with Crippen LogP contribution in [0, 0.1) is 5.82 Å². The third-order valence-electron chi connectivity index (χ3n) is 4.73. The number of amides is 1. The van der Waals surface area contributed by atoms with Crippen LogP contribution in [0.3, 0.4) is 0 Å². The predicted molar refractivity (Wildman–Crippen MR) is 96.1 cm³/mol. The van der Waals surface area contributed by atoms with Crippen molar-refractivity contribution in [3.63, 3.8) is 0 Å². The fourth-order valence-corrected chi connectivity index (χ4v) is 3.67. The lowest BCUT2D eigenvalue weighted by Gasteiger charge is -2.33. The molecule has 1 fully saturated rings. The Morgan fingerprint density at radius 3 is 2.85 bits per heavy atom. The summed E-state index contributed by atoms with van der Waals surface area (Å²) < 4.78 is 20.8. The second-order valence-corrected chi connectivity index (χ2v) is 6.81. The summed E-state index contributed by atoms with van der Waals surface area (Å²) in [5, 5.41) is 0.502. The highest BCUT2D eigenvalue weighted by Gasteiger charge is 2.29. The minimum atomic E-state index is -0.544. The Kier molecular flexibility index (Phi) is 4.28. The zero-order valence-corrected chi connectivity index (χ0v) is 14.6. The van der Waals surface area contributed by atoms with Crippen molar-refractivity contribution < 1.29 is 13.6 Å². The lowest BCUT2D eigenvalue weighted by atomic mass is 10.0. The molecule has 0 radical (unpaired) electrons. The normalized spacial score (nSPS) is 17.6. The number of fused-ring (bicyclic) bond motifs is 1. The molecule has 0 saturated carbocycles. The number of benzene rings is 2. The smallest absolute Gasteiger partial charge is 0.408 e. The van der Waals surface area contributed by atoms with Gasteiger partial charge in [-0.25, -0.2) is 9.18 Å². The van der Waals surface area contributed by atoms with Gasteiger partial charge in [0, 0.05) is 18.1 Å². The lowest BCUT2D eigenvalue weighted by molar-refractivity contribution is 0.0673. The zero-order valence-electron chi connectivity index (χ0n) is 13.8. The highest BCUT2D eigenvalue weighted by molar-refractivity contribution is 6.31. The number of nitrogens with zero attached hydrogens (tertiary/aromatic N) is 2. The van der Waals surface area contributed by atoms with Gasteiger partial charge in [-0.15, -0.1) is 0 Å². The van der Waals surface area contributed by atoms with E-state index in [0.29, 0.717) is 35.6 Å². The number of hydrogen-bond acceptors (Lipinski definition) is 3. The molecule has 26 heavy (non-hydrogen) atoms. The van der Waals surface area contributed by atoms with Crippen molar-refractivity contribution >= 4 is 28.6 Å². The first-order valence-corrected chi connectivity index (χ1v) is 8.77. The highest BCUT2D eigenvalue weighted by atomic mass is 35.5. The van der Waals surface area contributed by atoms with Crippen LogP contribution in [0.4, 0.5) is 4.39 Å². The number of rotatable bonds is 2. The molecule has 1 aromatic heterocycles. The average molecular weight is 375 g/mol. The van der Waals surface area contributed by atoms with Crippen LogP contribution in [0.15, 0.2) is 51.7 Å². The van der Waals surface area contributed by atoms with Crippen LogP contribution in [0.1, 0.15) is 29.2 Å². The van der Waals surface area contributed by atoms with Gasteiger partial charge in [0.25, 0.3) is 5.91 Å². The largest absolute Gasteiger partial charge is 0.420 e. The lowest BCUT2D eigenvalue weighted by Crippen LogP contribution is -2.42. The van der Waals surface area contributed by atoms with E-state index >= 15 is 0 Å². The van der Waals surface area contributed by atoms with Crippen LogP contribution in [0.5, 0.6) is 0 Å². The Labute approximate surface area is 153 Å². The second-order valence-electron chi connectivity index (χ2n) is 6.38. The maximum absolute atomic E-state index is 13.9. The molecule has 1 aliphatic rings. The van der Waals surface area contributed by atoms with E-state index in [1.54, 1.807) is 39.8 Å². The number of likely N-dealkylation sites (tertiary alicyclic amines) is 1. The Hall–Kier alpha value is -2.60. The number of hydrogen-bond donors (Lipinski definition) is 0. The molecule has 0 unspecified atom stereocenters. The van der Waals surface area contributed by atoms with Gasteiger partial charge in [0.2, 0.25) is 0 Å². The summed E-state index contributed by atoms with van der Waals surface area (Å²) in [7, 11) is 0. The molecule has 1 atom stereocenters. The van der Waals surface area contributed by atoms with Gasteiger partial charge in [0.15, 0.2) is 5.58 Å². The maximum Gasteiger partial charge on any atom is 0.420 e. The summed E-state index contributed by atoms with van der Waals surface area (Å²) in [5.41, 5.74) is 1.10. The van der Waals surface area contributed by atoms with Gasteiger partial charge in [0.1, 0.15) is 5.82 Å². The first-order chi connectivity index (χ1) is 12.5. The summed E-state index contributed by atoms with van der Waals surface area (Å²) in [6.07, 6.45) is 1.44. The van der Waals surface area contributed by atoms with Crippen LogP contribution < -0.4 is 5.76 Å². The molecule has 7 heteroatoms. The molecule has 5 nitrogen and oxygen atoms in total. The van der Waals surface area contributed by atoms with Gasteiger partial charge < -0.3 is 9.32 Å². The number of piperidine rings is 1. The molecule has 0 aliphatic carbocycles. The van der Waals surface area contributed by atoms with E-state index in [4.69, 9.17) is 16.0 Å². The summed E-state index contributed by atoms with van der Waals surface area (Å²) >= 11 is 6.05. The first-order valence-electron chi connectivity index (χ1n) is 8.39. The summed E-state index contributed by atoms with van der Waals surface area (Å²) in [5.74, 6) is -1.39. The Morgan fingerprint density at radius 2 is 2.04 bits per heavy atom. The molecule has 1 aliphatic heterocycles. The van der Waals surface area contributed by atoms with Crippen molar-refractivity contribution in [3.8, 4) is 0 Å². The fourth-order valence-electron chi connectivity index (χ4n) is 3.51. The standard InChI is InChI=1S/C19H16ClFN2O3/c20-12-7-8-17-16(10-12)23(19(25)26-17)13-4-3-9-22(11-13)18(24)14-5-1-2-6-15(14)21/h1-2,5-8,10,13H,3-4,9,11H2/t13-/m1/s1. The van der Waals surface area contributed by atoms with Gasteiger partial charge in [-0.2, -0.15) is 0 Å². The topological polar surface area (TPSA) is 55.5 Å². The molecule has 3 aromatic rings. The number of oxazole rings is 1. The Bertz CT molecular complexity index is 1040. The van der Waals surface area contributed by atoms with Gasteiger partial charge >= 0.3 is 5.76 Å². The molecular weight excluding hydrogens is 359 g/mol. The fraction of sp³-hybridized carbons (Fsp3) is 0.263. The highest BCUT2D eigenvalue weighted by Crippen LogP contribution is 2.27. The maximum atomic E-state index is 13.9. The predicted octanol–water partition coefficient (Wildman–Crippen LogP) is 3.86. The third-order valence-corrected chi connectivity index (χ3v) is 4.96. The van der Waals surface area contributed by atoms with Gasteiger partial charge in [-0.1, -0.05) is 23.7 Å². The molecule has 1 saturated heterocycles. The third kappa shape index (κ3) is 2.90. The monoisotopic (exact) mass is 374 g/mol. The van der Waals surface area contributed by atoms with Gasteiger partial charge in [0.05, 0.1) is 17.1 Å². The van der Waals surface area contributed by atoms with Crippen molar-refractivity contribution in [1.82, 2.24) is 9.47 Å². The number of halogens is 2. The molecular formula is C19H16ClFN2O3. The van der Waals surface area contributed by atoms with Crippen LogP contribution >= 0.6 is 11.6 Å². The van der Waals surface area contributed by atoms with E-state index in [1.807, 2.05) is 0 Å². The molecule has 2 aromatic carbocycles. The van der Waals surface area contributed by atoms with Crippen LogP contribution in [-0.2, 0) is 0 Å². The summed E-state index contributed by atoms with van der Waals surface area (Å²) in [4.78, 5) is 26.6. The quantitative estimate of drug-likeness (QED) is 0.684. The SMILES string of the molecule is O=C(c1ccccc1F)N1CCC[C@@H](n2c(=O)oc3ccc(Cl)cc32)C1. The zero-order chi connectivity index (χ0) is 18.3. The van der Waals surface area contributed by atoms with Crippen LogP contribution in [0.2, 0.25) is 5.02 Å². The van der Waals surface area contributed by atoms with Crippen molar-refractivity contribution in [3.05, 3.63) is 69.4 Å². The van der Waals surface area contributed by atoms with Crippen molar-refractivity contribution in [2.24, 2.45) is 0 Å². The first kappa shape index (κ1) is 16.8. The Morgan fingerprint density at radius 1 is 1.23 bits per heavy atom. The molecule has 1 amide bonds. The average Bonchev–Trinajstić information content (AvgIpc) is 2.96. The second kappa shape index (κ2) is 6.61. The van der Waals surface area contributed by atoms with E-state index in [2.05, 4.69) is 0 Å². The van der Waals surface area contributed by atoms with Crippen LogP contribution in [0.25, 0.3) is 11.1 Å². The molecule has 0 spiro atoms. The summed E-state index contributed by atoms with van der Waals surface area (Å²) in [6, 6.07) is 10.7. The molecule has 4 rings (SSSR count). The number of carbonyl (C=O) groups excluding carboxylic acids is 1. The number of carbonyl (C=O) groups is 1. The van der Waals surface area contributed by atoms with E-state index in [-0.39, 0.29) is 17.5 Å². The van der Waals surface area contributed by atoms with Crippen molar-refractivity contribution in [2.45, 2.75) is 18.9 Å². The van der Waals surface area contributed by atoms with E-state index in [9.17, 15) is 14.0 Å². The van der Waals surface area contributed by atoms with Crippen LogP contribution in [-0.4, -0.2) is 28.5 Å². The van der Waals surface area contributed by atoms with E-state index < -0.39 is 11.6 Å². The Balaban J connectivity index is 1.67. The molecule has 134 valence electrons. The van der Waals surface area contributed by atoms with E-state index in [0.717, 1.165) is 6.42 Å². The van der Waals surface area contributed by atoms with E-state index in [1.165, 1.54) is 12.1 Å². The molecule has 0 N–H and O–H groups in total. The molecule has 2 heterocycles. The van der Waals surface area contributed by atoms with Gasteiger partial charge in [-0.3, -0.25) is 9.36 Å². The number of aromatic nitrogens is 1. The minimum Gasteiger partial charge on any atom is -0.408 e.